The molecule has 22 heavy (non-hydrogen) atoms. The Morgan fingerprint density at radius 3 is 2.50 bits per heavy atom. The number of pyridine rings is 1. The summed E-state index contributed by atoms with van der Waals surface area (Å²) in [5.74, 6) is -0.476. The number of aromatic nitrogens is 1. The molecular formula is C15H13ClN2O4. The molecule has 0 aromatic carbocycles. The minimum absolute atomic E-state index is 0.354. The van der Waals surface area contributed by atoms with Crippen LogP contribution in [0, 0.1) is 0 Å². The molecule has 1 amide bonds. The number of esters is 1. The lowest BCUT2D eigenvalue weighted by molar-refractivity contribution is -0.136. The van der Waals surface area contributed by atoms with Gasteiger partial charge in [0.1, 0.15) is 5.15 Å². The van der Waals surface area contributed by atoms with Crippen molar-refractivity contribution < 1.29 is 19.1 Å². The molecular weight excluding hydrogens is 308 g/mol. The number of rotatable bonds is 2. The minimum Gasteiger partial charge on any atom is -0.466 e. The van der Waals surface area contributed by atoms with Gasteiger partial charge in [0, 0.05) is 11.8 Å². The van der Waals surface area contributed by atoms with Crippen molar-refractivity contribution in [3.05, 3.63) is 46.8 Å². The summed E-state index contributed by atoms with van der Waals surface area (Å²) in [4.78, 5) is 29.7. The molecule has 3 rings (SSSR count). The molecule has 0 spiro atoms. The third kappa shape index (κ3) is 2.07. The summed E-state index contributed by atoms with van der Waals surface area (Å²) in [6.07, 6.45) is 4.72. The lowest BCUT2D eigenvalue weighted by Crippen LogP contribution is -2.38. The lowest BCUT2D eigenvalue weighted by Gasteiger charge is -2.22. The molecule has 6 nitrogen and oxygen atoms in total. The second-order valence-electron chi connectivity index (χ2n) is 4.84. The van der Waals surface area contributed by atoms with Crippen LogP contribution in [0.15, 0.2) is 36.1 Å². The predicted octanol–water partition coefficient (Wildman–Crippen LogP) is 2.05. The predicted molar refractivity (Wildman–Crippen MR) is 79.1 cm³/mol. The summed E-state index contributed by atoms with van der Waals surface area (Å²) in [5.41, 5.74) is 1.83. The third-order valence-electron chi connectivity index (χ3n) is 3.79. The molecule has 0 saturated carbocycles. The van der Waals surface area contributed by atoms with E-state index in [2.05, 4.69) is 4.98 Å². The highest BCUT2D eigenvalue weighted by molar-refractivity contribution is 6.29. The zero-order valence-corrected chi connectivity index (χ0v) is 12.7. The van der Waals surface area contributed by atoms with E-state index in [9.17, 15) is 9.59 Å². The topological polar surface area (TPSA) is 68.7 Å². The van der Waals surface area contributed by atoms with Crippen LogP contribution in [-0.4, -0.2) is 48.2 Å². The average molecular weight is 321 g/mol. The van der Waals surface area contributed by atoms with Gasteiger partial charge in [-0.2, -0.15) is 0 Å². The molecule has 1 aromatic rings. The van der Waals surface area contributed by atoms with Crippen LogP contribution < -0.4 is 0 Å². The fraction of sp³-hybridized carbons (Fsp3) is 0.267. The van der Waals surface area contributed by atoms with Crippen molar-refractivity contribution in [1.29, 1.82) is 0 Å². The number of nitrogens with zero attached hydrogens (tertiary/aromatic N) is 2. The molecule has 7 heteroatoms. The van der Waals surface area contributed by atoms with Gasteiger partial charge >= 0.3 is 12.1 Å². The number of hydrogen-bond donors (Lipinski definition) is 0. The van der Waals surface area contributed by atoms with Crippen molar-refractivity contribution in [3.8, 4) is 0 Å². The Labute approximate surface area is 132 Å². The Morgan fingerprint density at radius 1 is 1.18 bits per heavy atom. The summed E-state index contributed by atoms with van der Waals surface area (Å²) in [6, 6.07) is 2.53. The highest BCUT2D eigenvalue weighted by Gasteiger charge is 2.48. The smallest absolute Gasteiger partial charge is 0.411 e. The largest absolute Gasteiger partial charge is 0.466 e. The lowest BCUT2D eigenvalue weighted by atomic mass is 9.92. The van der Waals surface area contributed by atoms with Crippen LogP contribution in [0.3, 0.4) is 0 Å². The second-order valence-corrected chi connectivity index (χ2v) is 5.23. The van der Waals surface area contributed by atoms with E-state index >= 15 is 0 Å². The molecule has 2 aliphatic heterocycles. The zero-order chi connectivity index (χ0) is 15.9. The van der Waals surface area contributed by atoms with Crippen LogP contribution in [0.5, 0.6) is 0 Å². The molecule has 0 saturated heterocycles. The maximum atomic E-state index is 12.2. The number of methoxy groups -OCH3 is 2. The van der Waals surface area contributed by atoms with Crippen LogP contribution >= 0.6 is 11.6 Å². The molecule has 2 aliphatic rings. The fourth-order valence-electron chi connectivity index (χ4n) is 2.89. The number of carbonyl (C=O) groups excluding carboxylic acids is 2. The van der Waals surface area contributed by atoms with Gasteiger partial charge in [-0.05, 0) is 17.7 Å². The van der Waals surface area contributed by atoms with Gasteiger partial charge in [0.15, 0.2) is 0 Å². The van der Waals surface area contributed by atoms with Crippen molar-refractivity contribution in [3.63, 3.8) is 0 Å². The highest BCUT2D eigenvalue weighted by Crippen LogP contribution is 2.43. The van der Waals surface area contributed by atoms with Gasteiger partial charge in [-0.3, -0.25) is 4.90 Å². The zero-order valence-electron chi connectivity index (χ0n) is 11.9. The molecule has 0 aliphatic carbocycles. The number of halogens is 1. The molecule has 1 aromatic heterocycles. The first kappa shape index (κ1) is 14.6. The first-order valence-electron chi connectivity index (χ1n) is 6.57. The van der Waals surface area contributed by atoms with Gasteiger partial charge in [0.2, 0.25) is 0 Å². The first-order chi connectivity index (χ1) is 10.6. The van der Waals surface area contributed by atoms with Crippen LogP contribution in [-0.2, 0) is 14.3 Å². The fourth-order valence-corrected chi connectivity index (χ4v) is 3.00. The maximum Gasteiger partial charge on any atom is 0.411 e. The molecule has 2 bridgehead atoms. The van der Waals surface area contributed by atoms with Gasteiger partial charge in [-0.1, -0.05) is 23.8 Å². The first-order valence-corrected chi connectivity index (χ1v) is 6.95. The number of ether oxygens (including phenoxy) is 2. The maximum absolute atomic E-state index is 12.2. The van der Waals surface area contributed by atoms with Crippen molar-refractivity contribution in [1.82, 2.24) is 9.88 Å². The van der Waals surface area contributed by atoms with E-state index in [1.54, 1.807) is 24.4 Å². The van der Waals surface area contributed by atoms with E-state index in [1.807, 2.05) is 6.08 Å². The molecule has 2 atom stereocenters. The number of hydrogen-bond acceptors (Lipinski definition) is 5. The monoisotopic (exact) mass is 320 g/mol. The Kier molecular flexibility index (Phi) is 3.62. The van der Waals surface area contributed by atoms with E-state index < -0.39 is 18.1 Å². The summed E-state index contributed by atoms with van der Waals surface area (Å²) in [7, 11) is 2.62. The van der Waals surface area contributed by atoms with E-state index in [0.717, 1.165) is 5.56 Å². The Hall–Kier alpha value is -2.34. The average Bonchev–Trinajstić information content (AvgIpc) is 3.10. The third-order valence-corrected chi connectivity index (χ3v) is 4.01. The van der Waals surface area contributed by atoms with Gasteiger partial charge in [0.05, 0.1) is 31.9 Å². The van der Waals surface area contributed by atoms with Gasteiger partial charge in [-0.25, -0.2) is 14.6 Å². The molecule has 0 unspecified atom stereocenters. The van der Waals surface area contributed by atoms with Crippen molar-refractivity contribution in [2.75, 3.05) is 14.2 Å². The van der Waals surface area contributed by atoms with Gasteiger partial charge in [-0.15, -0.1) is 0 Å². The van der Waals surface area contributed by atoms with Crippen LogP contribution in [0.25, 0.3) is 5.57 Å². The Morgan fingerprint density at radius 2 is 1.91 bits per heavy atom. The molecule has 0 N–H and O–H groups in total. The van der Waals surface area contributed by atoms with Crippen LogP contribution in [0.2, 0.25) is 5.15 Å². The quantitative estimate of drug-likeness (QED) is 0.474. The van der Waals surface area contributed by atoms with Crippen molar-refractivity contribution in [2.24, 2.45) is 0 Å². The number of amides is 1. The standard InChI is InChI=1S/C15H13ClN2O4/c1-21-14(19)13-10-5-4-9(18(10)15(20)22-2)12(13)8-3-6-11(16)17-7-8/h3-7,9-10H,1-2H3/t9-,10+/m1/s1. The summed E-state index contributed by atoms with van der Waals surface area (Å²) in [5, 5.41) is 0.354. The highest BCUT2D eigenvalue weighted by atomic mass is 35.5. The minimum atomic E-state index is -0.502. The second kappa shape index (κ2) is 5.46. The molecule has 3 heterocycles. The van der Waals surface area contributed by atoms with E-state index in [1.165, 1.54) is 19.1 Å². The number of carbonyl (C=O) groups is 2. The van der Waals surface area contributed by atoms with Crippen LogP contribution in [0.4, 0.5) is 4.79 Å². The summed E-state index contributed by atoms with van der Waals surface area (Å²) in [6.45, 7) is 0. The normalized spacial score (nSPS) is 22.2. The van der Waals surface area contributed by atoms with Gasteiger partial charge < -0.3 is 9.47 Å². The number of fused-ring (bicyclic) bond motifs is 2. The molecule has 0 fully saturated rings. The summed E-state index contributed by atoms with van der Waals surface area (Å²) < 4.78 is 9.68. The van der Waals surface area contributed by atoms with E-state index in [0.29, 0.717) is 16.3 Å². The Bertz CT molecular complexity index is 696. The van der Waals surface area contributed by atoms with Crippen molar-refractivity contribution in [2.45, 2.75) is 12.1 Å². The van der Waals surface area contributed by atoms with E-state index in [-0.39, 0.29) is 6.04 Å². The van der Waals surface area contributed by atoms with E-state index in [4.69, 9.17) is 21.1 Å². The van der Waals surface area contributed by atoms with Gasteiger partial charge in [0.25, 0.3) is 0 Å². The SMILES string of the molecule is COC(=O)C1=C(c2ccc(Cl)nc2)[C@H]2C=C[C@@H]1N2C(=O)OC. The summed E-state index contributed by atoms with van der Waals surface area (Å²) >= 11 is 5.81. The molecule has 114 valence electrons. The van der Waals surface area contributed by atoms with Crippen molar-refractivity contribution >= 4 is 29.2 Å². The Balaban J connectivity index is 2.10. The molecule has 0 radical (unpaired) electrons. The van der Waals surface area contributed by atoms with Crippen LogP contribution in [0.1, 0.15) is 5.56 Å².